The van der Waals surface area contributed by atoms with E-state index in [2.05, 4.69) is 5.32 Å². The van der Waals surface area contributed by atoms with Gasteiger partial charge in [0.25, 0.3) is 5.91 Å². The normalized spacial score (nSPS) is 10.5. The van der Waals surface area contributed by atoms with Crippen LogP contribution in [0.25, 0.3) is 10.9 Å². The Labute approximate surface area is 144 Å². The van der Waals surface area contributed by atoms with Crippen molar-refractivity contribution < 1.29 is 14.3 Å². The van der Waals surface area contributed by atoms with Crippen LogP contribution in [0.4, 0.5) is 5.69 Å². The Bertz CT molecular complexity index is 1010. The second kappa shape index (κ2) is 6.68. The van der Waals surface area contributed by atoms with Crippen molar-refractivity contribution in [3.8, 4) is 11.5 Å². The van der Waals surface area contributed by atoms with Gasteiger partial charge >= 0.3 is 0 Å². The smallest absolute Gasteiger partial charge is 0.261 e. The summed E-state index contributed by atoms with van der Waals surface area (Å²) in [7, 11) is 4.85. The molecule has 2 aromatic carbocycles. The fraction of sp³-hybridized carbons (Fsp3) is 0.158. The number of methoxy groups -OCH3 is 2. The maximum atomic E-state index is 12.6. The Morgan fingerprint density at radius 2 is 1.84 bits per heavy atom. The van der Waals surface area contributed by atoms with Crippen LogP contribution >= 0.6 is 0 Å². The van der Waals surface area contributed by atoms with Crippen LogP contribution in [0.5, 0.6) is 11.5 Å². The van der Waals surface area contributed by atoms with E-state index in [1.54, 1.807) is 49.1 Å². The predicted molar refractivity (Wildman–Crippen MR) is 96.7 cm³/mol. The number of hydrogen-bond donors (Lipinski definition) is 1. The van der Waals surface area contributed by atoms with Gasteiger partial charge in [-0.15, -0.1) is 0 Å². The minimum Gasteiger partial charge on any atom is -0.497 e. The number of benzene rings is 2. The average Bonchev–Trinajstić information content (AvgIpc) is 2.64. The van der Waals surface area contributed by atoms with Crippen molar-refractivity contribution in [1.82, 2.24) is 4.57 Å². The summed E-state index contributed by atoms with van der Waals surface area (Å²) in [4.78, 5) is 25.3. The van der Waals surface area contributed by atoms with Crippen LogP contribution in [0.2, 0.25) is 0 Å². The Kier molecular flexibility index (Phi) is 4.43. The largest absolute Gasteiger partial charge is 0.497 e. The lowest BCUT2D eigenvalue weighted by Gasteiger charge is -2.12. The number of para-hydroxylation sites is 1. The van der Waals surface area contributed by atoms with Gasteiger partial charge in [-0.25, -0.2) is 0 Å². The molecule has 0 atom stereocenters. The highest BCUT2D eigenvalue weighted by Gasteiger charge is 2.16. The summed E-state index contributed by atoms with van der Waals surface area (Å²) >= 11 is 0. The van der Waals surface area contributed by atoms with Gasteiger partial charge in [0.1, 0.15) is 17.1 Å². The van der Waals surface area contributed by atoms with Gasteiger partial charge in [0.05, 0.1) is 25.4 Å². The van der Waals surface area contributed by atoms with Crippen LogP contribution in [0.15, 0.2) is 53.5 Å². The molecule has 0 saturated heterocycles. The van der Waals surface area contributed by atoms with E-state index >= 15 is 0 Å². The van der Waals surface area contributed by atoms with E-state index in [4.69, 9.17) is 9.47 Å². The highest BCUT2D eigenvalue weighted by atomic mass is 16.5. The number of ether oxygens (including phenoxy) is 2. The van der Waals surface area contributed by atoms with E-state index in [9.17, 15) is 9.59 Å². The number of anilines is 1. The molecule has 6 nitrogen and oxygen atoms in total. The molecule has 3 aromatic rings. The lowest BCUT2D eigenvalue weighted by atomic mass is 10.1. The van der Waals surface area contributed by atoms with Gasteiger partial charge in [-0.1, -0.05) is 12.1 Å². The topological polar surface area (TPSA) is 69.6 Å². The monoisotopic (exact) mass is 338 g/mol. The van der Waals surface area contributed by atoms with Crippen LogP contribution in [0, 0.1) is 0 Å². The second-order valence-electron chi connectivity index (χ2n) is 5.52. The lowest BCUT2D eigenvalue weighted by Crippen LogP contribution is -2.23. The van der Waals surface area contributed by atoms with Crippen molar-refractivity contribution >= 4 is 22.5 Å². The first-order chi connectivity index (χ1) is 12.0. The summed E-state index contributed by atoms with van der Waals surface area (Å²) in [6.07, 6.45) is 1.54. The summed E-state index contributed by atoms with van der Waals surface area (Å²) in [5, 5.41) is 3.23. The lowest BCUT2D eigenvalue weighted by molar-refractivity contribution is 0.102. The minimum atomic E-state index is -0.491. The van der Waals surface area contributed by atoms with Gasteiger partial charge in [0.2, 0.25) is 5.43 Å². The van der Waals surface area contributed by atoms with Crippen LogP contribution in [0.3, 0.4) is 0 Å². The van der Waals surface area contributed by atoms with Crippen molar-refractivity contribution in [2.75, 3.05) is 19.5 Å². The molecule has 0 aliphatic rings. The van der Waals surface area contributed by atoms with Gasteiger partial charge in [0.15, 0.2) is 0 Å². The zero-order valence-electron chi connectivity index (χ0n) is 14.2. The third-order valence-corrected chi connectivity index (χ3v) is 4.00. The van der Waals surface area contributed by atoms with Crippen LogP contribution in [-0.4, -0.2) is 24.7 Å². The molecule has 0 bridgehead atoms. The Balaban J connectivity index is 2.01. The Morgan fingerprint density at radius 3 is 2.56 bits per heavy atom. The number of nitrogens with zero attached hydrogens (tertiary/aromatic N) is 1. The molecular formula is C19H18N2O4. The first kappa shape index (κ1) is 16.6. The highest BCUT2D eigenvalue weighted by molar-refractivity contribution is 6.06. The number of nitrogens with one attached hydrogen (secondary N) is 1. The van der Waals surface area contributed by atoms with E-state index in [-0.39, 0.29) is 11.0 Å². The Hall–Kier alpha value is -3.28. The number of aryl methyl sites for hydroxylation is 1. The summed E-state index contributed by atoms with van der Waals surface area (Å²) in [6, 6.07) is 12.2. The quantitative estimate of drug-likeness (QED) is 0.794. The number of amides is 1. The van der Waals surface area contributed by atoms with E-state index in [0.717, 1.165) is 5.52 Å². The number of carbonyl (C=O) groups is 1. The minimum absolute atomic E-state index is 0.0686. The molecule has 6 heteroatoms. The van der Waals surface area contributed by atoms with Gasteiger partial charge in [0, 0.05) is 24.7 Å². The van der Waals surface area contributed by atoms with Gasteiger partial charge in [-0.2, -0.15) is 0 Å². The maximum Gasteiger partial charge on any atom is 0.261 e. The SMILES string of the molecule is COc1ccc(NC(=O)c2cn(C)c3ccccc3c2=O)c(OC)c1. The van der Waals surface area contributed by atoms with Crippen LogP contribution in [0.1, 0.15) is 10.4 Å². The summed E-state index contributed by atoms with van der Waals surface area (Å²) < 4.78 is 12.2. The summed E-state index contributed by atoms with van der Waals surface area (Å²) in [6.45, 7) is 0. The number of hydrogen-bond acceptors (Lipinski definition) is 4. The maximum absolute atomic E-state index is 12.6. The fourth-order valence-corrected chi connectivity index (χ4v) is 2.69. The molecule has 0 saturated carbocycles. The zero-order valence-corrected chi connectivity index (χ0v) is 14.2. The second-order valence-corrected chi connectivity index (χ2v) is 5.52. The molecule has 0 fully saturated rings. The molecule has 128 valence electrons. The molecule has 0 unspecified atom stereocenters. The van der Waals surface area contributed by atoms with Gasteiger partial charge in [-0.3, -0.25) is 9.59 Å². The molecule has 0 aliphatic carbocycles. The number of fused-ring (bicyclic) bond motifs is 1. The molecule has 1 heterocycles. The Morgan fingerprint density at radius 1 is 1.08 bits per heavy atom. The van der Waals surface area contributed by atoms with Gasteiger partial charge in [-0.05, 0) is 24.3 Å². The first-order valence-electron chi connectivity index (χ1n) is 7.67. The molecule has 25 heavy (non-hydrogen) atoms. The van der Waals surface area contributed by atoms with Crippen molar-refractivity contribution in [3.63, 3.8) is 0 Å². The number of pyridine rings is 1. The molecule has 0 spiro atoms. The molecule has 0 radical (unpaired) electrons. The molecule has 1 N–H and O–H groups in total. The van der Waals surface area contributed by atoms with Crippen LogP contribution < -0.4 is 20.2 Å². The summed E-state index contributed by atoms with van der Waals surface area (Å²) in [5.41, 5.74) is 0.993. The molecular weight excluding hydrogens is 320 g/mol. The number of rotatable bonds is 4. The van der Waals surface area contributed by atoms with E-state index in [1.807, 2.05) is 12.1 Å². The van der Waals surface area contributed by atoms with E-state index in [0.29, 0.717) is 22.6 Å². The summed E-state index contributed by atoms with van der Waals surface area (Å²) in [5.74, 6) is 0.566. The van der Waals surface area contributed by atoms with Crippen molar-refractivity contribution in [1.29, 1.82) is 0 Å². The van der Waals surface area contributed by atoms with Crippen molar-refractivity contribution in [2.45, 2.75) is 0 Å². The van der Waals surface area contributed by atoms with Crippen molar-refractivity contribution in [3.05, 3.63) is 64.4 Å². The zero-order chi connectivity index (χ0) is 18.0. The highest BCUT2D eigenvalue weighted by Crippen LogP contribution is 2.29. The first-order valence-corrected chi connectivity index (χ1v) is 7.67. The predicted octanol–water partition coefficient (Wildman–Crippen LogP) is 2.81. The third-order valence-electron chi connectivity index (χ3n) is 4.00. The molecule has 3 rings (SSSR count). The van der Waals surface area contributed by atoms with Crippen LogP contribution in [-0.2, 0) is 7.05 Å². The number of carbonyl (C=O) groups excluding carboxylic acids is 1. The molecule has 1 aromatic heterocycles. The average molecular weight is 338 g/mol. The van der Waals surface area contributed by atoms with E-state index in [1.165, 1.54) is 13.3 Å². The van der Waals surface area contributed by atoms with Gasteiger partial charge < -0.3 is 19.4 Å². The molecule has 1 amide bonds. The third kappa shape index (κ3) is 3.06. The van der Waals surface area contributed by atoms with Crippen molar-refractivity contribution in [2.24, 2.45) is 7.05 Å². The van der Waals surface area contributed by atoms with E-state index < -0.39 is 5.91 Å². The molecule has 0 aliphatic heterocycles. The standard InChI is InChI=1S/C19H18N2O4/c1-21-11-14(18(22)13-6-4-5-7-16(13)21)19(23)20-15-9-8-12(24-2)10-17(15)25-3/h4-11H,1-3H3,(H,20,23). The number of aromatic nitrogens is 1. The fourth-order valence-electron chi connectivity index (χ4n) is 2.69.